The van der Waals surface area contributed by atoms with Gasteiger partial charge in [-0.25, -0.2) is 4.79 Å². The third-order valence-corrected chi connectivity index (χ3v) is 9.28. The lowest BCUT2D eigenvalue weighted by atomic mass is 10.0. The highest BCUT2D eigenvalue weighted by Crippen LogP contribution is 2.31. The number of nitrogens with zero attached hydrogens (tertiary/aromatic N) is 3. The Morgan fingerprint density at radius 1 is 1.20 bits per heavy atom. The normalized spacial score (nSPS) is 29.9. The Balaban J connectivity index is 1.96. The topological polar surface area (TPSA) is 88.5 Å². The summed E-state index contributed by atoms with van der Waals surface area (Å²) in [5.74, 6) is 0.00930. The van der Waals surface area contributed by atoms with Gasteiger partial charge in [-0.05, 0) is 51.9 Å². The number of thioether (sulfide) groups is 1. The molecule has 3 rings (SSSR count). The van der Waals surface area contributed by atoms with Gasteiger partial charge in [-0.2, -0.15) is 0 Å². The molecule has 2 bridgehead atoms. The predicted molar refractivity (Wildman–Crippen MR) is 166 cm³/mol. The monoisotopic (exact) mass is 587 g/mol. The number of hydrogen-bond acceptors (Lipinski definition) is 7. The molecular weight excluding hydrogens is 538 g/mol. The SMILES string of the molecule is COC(C)CC1CC(C)=CC=CCC(C)C=C(C)C(=O)N2CCC[C@H]2C2=N[C@H](CS2)C(=O)N(C)[C@@H](C(C)C)C(=O)O1. The van der Waals surface area contributed by atoms with Gasteiger partial charge in [0.2, 0.25) is 11.8 Å². The first kappa shape index (κ1) is 33.1. The van der Waals surface area contributed by atoms with Crippen LogP contribution in [0.5, 0.6) is 0 Å². The van der Waals surface area contributed by atoms with Crippen molar-refractivity contribution < 1.29 is 23.9 Å². The molecule has 0 N–H and O–H groups in total. The Bertz CT molecular complexity index is 1080. The molecule has 0 aromatic heterocycles. The Morgan fingerprint density at radius 3 is 2.61 bits per heavy atom. The maximum atomic E-state index is 13.7. The van der Waals surface area contributed by atoms with E-state index < -0.39 is 18.1 Å². The van der Waals surface area contributed by atoms with Gasteiger partial charge in [-0.1, -0.05) is 50.6 Å². The Hall–Kier alpha value is -2.39. The number of carbonyl (C=O) groups is 3. The first-order valence-corrected chi connectivity index (χ1v) is 15.9. The van der Waals surface area contributed by atoms with Crippen molar-refractivity contribution in [2.75, 3.05) is 26.5 Å². The van der Waals surface area contributed by atoms with Crippen molar-refractivity contribution >= 4 is 34.6 Å². The van der Waals surface area contributed by atoms with E-state index in [1.807, 2.05) is 51.7 Å². The highest BCUT2D eigenvalue weighted by atomic mass is 32.2. The molecule has 3 heterocycles. The molecule has 0 saturated carbocycles. The van der Waals surface area contributed by atoms with Crippen molar-refractivity contribution in [2.24, 2.45) is 16.8 Å². The summed E-state index contributed by atoms with van der Waals surface area (Å²) >= 11 is 1.55. The first-order chi connectivity index (χ1) is 19.4. The van der Waals surface area contributed by atoms with Crippen LogP contribution in [-0.2, 0) is 23.9 Å². The molecule has 3 aliphatic rings. The number of amides is 2. The molecule has 41 heavy (non-hydrogen) atoms. The maximum Gasteiger partial charge on any atom is 0.329 e. The number of aliphatic imine (C=N–C) groups is 1. The molecule has 228 valence electrons. The molecule has 3 unspecified atom stereocenters. The van der Waals surface area contributed by atoms with Crippen LogP contribution in [0.2, 0.25) is 0 Å². The lowest BCUT2D eigenvalue weighted by Crippen LogP contribution is -2.50. The van der Waals surface area contributed by atoms with Crippen molar-refractivity contribution in [2.45, 2.75) is 104 Å². The van der Waals surface area contributed by atoms with E-state index in [0.29, 0.717) is 25.1 Å². The summed E-state index contributed by atoms with van der Waals surface area (Å²) in [6, 6.07) is -1.42. The van der Waals surface area contributed by atoms with Gasteiger partial charge in [0.05, 0.1) is 17.2 Å². The zero-order valence-electron chi connectivity index (χ0n) is 26.1. The number of ether oxygens (including phenoxy) is 2. The summed E-state index contributed by atoms with van der Waals surface area (Å²) < 4.78 is 11.6. The van der Waals surface area contributed by atoms with Gasteiger partial charge in [0.1, 0.15) is 18.2 Å². The summed E-state index contributed by atoms with van der Waals surface area (Å²) in [7, 11) is 3.32. The van der Waals surface area contributed by atoms with Gasteiger partial charge in [0.25, 0.3) is 0 Å². The van der Waals surface area contributed by atoms with E-state index >= 15 is 0 Å². The number of likely N-dealkylation sites (N-methyl/N-ethyl adjacent to an activating group) is 1. The summed E-state index contributed by atoms with van der Waals surface area (Å²) in [5, 5.41) is 0.844. The van der Waals surface area contributed by atoms with E-state index in [1.165, 1.54) is 4.90 Å². The number of cyclic esters (lactones) is 1. The summed E-state index contributed by atoms with van der Waals surface area (Å²) in [5.41, 5.74) is 1.83. The predicted octanol–water partition coefficient (Wildman–Crippen LogP) is 5.19. The van der Waals surface area contributed by atoms with Crippen molar-refractivity contribution in [3.63, 3.8) is 0 Å². The van der Waals surface area contributed by atoms with Crippen LogP contribution in [0.4, 0.5) is 0 Å². The smallest absolute Gasteiger partial charge is 0.329 e. The van der Waals surface area contributed by atoms with E-state index in [9.17, 15) is 14.4 Å². The third-order valence-electron chi connectivity index (χ3n) is 8.12. The molecule has 0 spiro atoms. The fourth-order valence-electron chi connectivity index (χ4n) is 5.84. The van der Waals surface area contributed by atoms with Crippen molar-refractivity contribution in [3.8, 4) is 0 Å². The number of fused-ring (bicyclic) bond motifs is 3. The molecule has 0 radical (unpaired) electrons. The quantitative estimate of drug-likeness (QED) is 0.421. The van der Waals surface area contributed by atoms with Crippen LogP contribution in [0.1, 0.15) is 73.6 Å². The van der Waals surface area contributed by atoms with Gasteiger partial charge in [-0.15, -0.1) is 11.8 Å². The number of hydrogen-bond donors (Lipinski definition) is 0. The number of carbonyl (C=O) groups excluding carboxylic acids is 3. The fraction of sp³-hybridized carbons (Fsp3) is 0.688. The largest absolute Gasteiger partial charge is 0.460 e. The van der Waals surface area contributed by atoms with Crippen LogP contribution >= 0.6 is 11.8 Å². The van der Waals surface area contributed by atoms with Gasteiger partial charge >= 0.3 is 5.97 Å². The van der Waals surface area contributed by atoms with Crippen LogP contribution in [0.15, 0.2) is 40.4 Å². The van der Waals surface area contributed by atoms with Crippen LogP contribution in [0.3, 0.4) is 0 Å². The summed E-state index contributed by atoms with van der Waals surface area (Å²) in [6.45, 7) is 12.5. The van der Waals surface area contributed by atoms with Crippen LogP contribution in [0.25, 0.3) is 0 Å². The summed E-state index contributed by atoms with van der Waals surface area (Å²) in [4.78, 5) is 48.9. The van der Waals surface area contributed by atoms with E-state index in [1.54, 1.807) is 25.9 Å². The molecule has 3 aliphatic heterocycles. The second-order valence-corrected chi connectivity index (χ2v) is 13.2. The highest BCUT2D eigenvalue weighted by Gasteiger charge is 2.40. The number of methoxy groups -OCH3 is 1. The zero-order chi connectivity index (χ0) is 30.3. The molecule has 6 atom stereocenters. The Labute approximate surface area is 250 Å². The zero-order valence-corrected chi connectivity index (χ0v) is 26.9. The van der Waals surface area contributed by atoms with Gasteiger partial charge < -0.3 is 19.3 Å². The van der Waals surface area contributed by atoms with Gasteiger partial charge in [0.15, 0.2) is 0 Å². The van der Waals surface area contributed by atoms with Crippen LogP contribution < -0.4 is 0 Å². The minimum Gasteiger partial charge on any atom is -0.460 e. The lowest BCUT2D eigenvalue weighted by molar-refractivity contribution is -0.162. The van der Waals surface area contributed by atoms with Crippen LogP contribution in [-0.4, -0.2) is 89.4 Å². The molecule has 0 aromatic carbocycles. The summed E-state index contributed by atoms with van der Waals surface area (Å²) in [6.07, 6.45) is 11.5. The molecule has 2 amide bonds. The molecule has 8 nitrogen and oxygen atoms in total. The van der Waals surface area contributed by atoms with E-state index in [-0.39, 0.29) is 41.9 Å². The van der Waals surface area contributed by atoms with Crippen molar-refractivity contribution in [3.05, 3.63) is 35.5 Å². The van der Waals surface area contributed by atoms with E-state index in [2.05, 4.69) is 19.1 Å². The third kappa shape index (κ3) is 8.80. The van der Waals surface area contributed by atoms with Crippen molar-refractivity contribution in [1.29, 1.82) is 0 Å². The molecule has 1 fully saturated rings. The van der Waals surface area contributed by atoms with E-state index in [0.717, 1.165) is 35.5 Å². The minimum absolute atomic E-state index is 0.0408. The second kappa shape index (κ2) is 15.2. The standard InChI is InChI=1S/C32H49N3O5S/c1-20(2)28-32(38)40-25(18-24(6)39-8)17-22(4)13-10-9-12-21(3)16-23(5)30(36)35-15-11-14-27(35)29-33-26(19-41-29)31(37)34(28)7/h9-10,13,16,20-21,24-28H,11-12,14-15,17-19H2,1-8H3/t21?,24?,25?,26-,27+,28+/m1/s1. The molecule has 9 heteroatoms. The Kier molecular flexibility index (Phi) is 12.3. The van der Waals surface area contributed by atoms with E-state index in [4.69, 9.17) is 14.5 Å². The van der Waals surface area contributed by atoms with Gasteiger partial charge in [-0.3, -0.25) is 14.6 Å². The molecule has 1 saturated heterocycles. The molecule has 0 aromatic rings. The Morgan fingerprint density at radius 2 is 1.93 bits per heavy atom. The minimum atomic E-state index is -0.732. The molecule has 0 aliphatic carbocycles. The number of esters is 1. The first-order valence-electron chi connectivity index (χ1n) is 14.9. The van der Waals surface area contributed by atoms with Crippen molar-refractivity contribution in [1.82, 2.24) is 9.80 Å². The number of allylic oxidation sites excluding steroid dienone is 4. The maximum absolute atomic E-state index is 13.7. The molecular formula is C32H49N3O5S. The lowest BCUT2D eigenvalue weighted by Gasteiger charge is -2.32. The average Bonchev–Trinajstić information content (AvgIpc) is 3.59. The highest BCUT2D eigenvalue weighted by molar-refractivity contribution is 8.14. The fourth-order valence-corrected chi connectivity index (χ4v) is 7.02. The number of rotatable bonds is 4. The van der Waals surface area contributed by atoms with Gasteiger partial charge in [0, 0.05) is 44.9 Å². The van der Waals surface area contributed by atoms with Crippen LogP contribution in [0, 0.1) is 11.8 Å². The second-order valence-electron chi connectivity index (χ2n) is 12.1. The average molecular weight is 588 g/mol.